The molecule has 6 N–H and O–H groups in total. The molecule has 0 amide bonds. The zero-order valence-electron chi connectivity index (χ0n) is 7.12. The molecule has 1 atom stereocenters. The summed E-state index contributed by atoms with van der Waals surface area (Å²) in [6.45, 7) is 1.91. The first-order chi connectivity index (χ1) is 5.68. The van der Waals surface area contributed by atoms with Gasteiger partial charge in [-0.25, -0.2) is 4.57 Å². The largest absolute Gasteiger partial charge is 0.480 e. The van der Waals surface area contributed by atoms with E-state index in [2.05, 4.69) is 0 Å². The van der Waals surface area contributed by atoms with Crippen LogP contribution in [0.5, 0.6) is 0 Å². The maximum Gasteiger partial charge on any atom is 0.466 e. The summed E-state index contributed by atoms with van der Waals surface area (Å²) in [5, 5.41) is 8.19. The molecule has 0 radical (unpaired) electrons. The number of rotatable bonds is 3. The summed E-state index contributed by atoms with van der Waals surface area (Å²) in [5.41, 5.74) is 5.13. The first-order valence-electron chi connectivity index (χ1n) is 3.45. The van der Waals surface area contributed by atoms with Gasteiger partial charge in [0.15, 0.2) is 0 Å². The molecule has 0 aromatic rings. The van der Waals surface area contributed by atoms with Crippen LogP contribution in [-0.4, -0.2) is 31.8 Å². The summed E-state index contributed by atoms with van der Waals surface area (Å²) in [5.74, 6) is -0.910. The predicted octanol–water partition coefficient (Wildman–Crippen LogP) is -0.730. The second kappa shape index (κ2) is 6.99. The maximum absolute atomic E-state index is 9.96. The van der Waals surface area contributed by atoms with Crippen molar-refractivity contribution in [3.8, 4) is 0 Å². The van der Waals surface area contributed by atoms with E-state index in [0.29, 0.717) is 6.42 Å². The molecular weight excluding hydrogens is 201 g/mol. The van der Waals surface area contributed by atoms with Crippen molar-refractivity contribution >= 4 is 13.8 Å². The second-order valence-electron chi connectivity index (χ2n) is 2.25. The van der Waals surface area contributed by atoms with E-state index in [-0.39, 0.29) is 0 Å². The van der Waals surface area contributed by atoms with E-state index in [4.69, 9.17) is 30.1 Å². The fraction of sp³-hybridized carbons (Fsp3) is 0.800. The van der Waals surface area contributed by atoms with Crippen molar-refractivity contribution in [2.24, 2.45) is 5.73 Å². The van der Waals surface area contributed by atoms with Gasteiger partial charge in [-0.2, -0.15) is 0 Å². The minimum absolute atomic E-state index is 0.565. The molecule has 0 bridgehead atoms. The monoisotopic (exact) mass is 215 g/mol. The van der Waals surface area contributed by atoms with Crippen LogP contribution >= 0.6 is 7.82 Å². The summed E-state index contributed by atoms with van der Waals surface area (Å²) < 4.78 is 8.88. The Balaban J connectivity index is 0. The minimum Gasteiger partial charge on any atom is -0.480 e. The minimum atomic E-state index is -4.64. The van der Waals surface area contributed by atoms with Crippen LogP contribution in [0, 0.1) is 0 Å². The van der Waals surface area contributed by atoms with Gasteiger partial charge in [-0.3, -0.25) is 4.79 Å². The Hall–Kier alpha value is -0.460. The number of carbonyl (C=O) groups is 1. The lowest BCUT2D eigenvalue weighted by molar-refractivity contribution is -0.138. The Morgan fingerprint density at radius 1 is 1.46 bits per heavy atom. The maximum atomic E-state index is 9.96. The topological polar surface area (TPSA) is 141 Å². The average Bonchev–Trinajstić information content (AvgIpc) is 1.84. The van der Waals surface area contributed by atoms with E-state index in [9.17, 15) is 4.79 Å². The van der Waals surface area contributed by atoms with Crippen LogP contribution in [0.1, 0.15) is 19.8 Å². The molecule has 0 rings (SSSR count). The zero-order chi connectivity index (χ0) is 11.1. The highest BCUT2D eigenvalue weighted by molar-refractivity contribution is 7.45. The highest BCUT2D eigenvalue weighted by Gasteiger charge is 2.07. The van der Waals surface area contributed by atoms with Crippen molar-refractivity contribution < 1.29 is 29.1 Å². The molecular formula is C5H14NO6P. The fourth-order valence-corrected chi connectivity index (χ4v) is 0.434. The van der Waals surface area contributed by atoms with Crippen LogP contribution in [0.4, 0.5) is 0 Å². The van der Waals surface area contributed by atoms with Crippen LogP contribution < -0.4 is 5.73 Å². The normalized spacial score (nSPS) is 12.7. The highest BCUT2D eigenvalue weighted by Crippen LogP contribution is 2.25. The van der Waals surface area contributed by atoms with Gasteiger partial charge in [-0.1, -0.05) is 13.3 Å². The SMILES string of the molecule is CCCC(N)C(=O)O.O=P(O)(O)O. The first kappa shape index (κ1) is 15.0. The van der Waals surface area contributed by atoms with Crippen LogP contribution in [0.2, 0.25) is 0 Å². The number of hydrogen-bond acceptors (Lipinski definition) is 3. The number of carboxylic acid groups (broad SMARTS) is 1. The van der Waals surface area contributed by atoms with Gasteiger partial charge in [-0.05, 0) is 6.42 Å². The van der Waals surface area contributed by atoms with Gasteiger partial charge in [0.2, 0.25) is 0 Å². The van der Waals surface area contributed by atoms with E-state index in [1.807, 2.05) is 6.92 Å². The number of carboxylic acids is 1. The Morgan fingerprint density at radius 3 is 1.85 bits per heavy atom. The van der Waals surface area contributed by atoms with Crippen molar-refractivity contribution in [1.29, 1.82) is 0 Å². The number of hydrogen-bond donors (Lipinski definition) is 5. The van der Waals surface area contributed by atoms with Gasteiger partial charge in [0.05, 0.1) is 0 Å². The second-order valence-corrected chi connectivity index (χ2v) is 3.27. The van der Waals surface area contributed by atoms with E-state index in [1.165, 1.54) is 0 Å². The van der Waals surface area contributed by atoms with Gasteiger partial charge >= 0.3 is 13.8 Å². The summed E-state index contributed by atoms with van der Waals surface area (Å²) in [6, 6.07) is -0.667. The molecule has 0 heterocycles. The Labute approximate surface area is 75.4 Å². The summed E-state index contributed by atoms with van der Waals surface area (Å²) >= 11 is 0. The van der Waals surface area contributed by atoms with Crippen LogP contribution in [0.3, 0.4) is 0 Å². The van der Waals surface area contributed by atoms with E-state index in [1.54, 1.807) is 0 Å². The molecule has 0 aliphatic heterocycles. The lowest BCUT2D eigenvalue weighted by atomic mass is 10.2. The summed E-state index contributed by atoms with van der Waals surface area (Å²) in [4.78, 5) is 31.5. The lowest BCUT2D eigenvalue weighted by Gasteiger charge is -2.00. The summed E-state index contributed by atoms with van der Waals surface area (Å²) in [6.07, 6.45) is 1.39. The molecule has 7 nitrogen and oxygen atoms in total. The van der Waals surface area contributed by atoms with Gasteiger partial charge in [-0.15, -0.1) is 0 Å². The Morgan fingerprint density at radius 2 is 1.77 bits per heavy atom. The third kappa shape index (κ3) is 24.6. The van der Waals surface area contributed by atoms with Crippen LogP contribution in [-0.2, 0) is 9.36 Å². The Kier molecular flexibility index (Phi) is 8.09. The van der Waals surface area contributed by atoms with Gasteiger partial charge in [0.1, 0.15) is 6.04 Å². The average molecular weight is 215 g/mol. The van der Waals surface area contributed by atoms with Crippen molar-refractivity contribution in [2.45, 2.75) is 25.8 Å². The molecule has 0 spiro atoms. The van der Waals surface area contributed by atoms with Gasteiger partial charge in [0.25, 0.3) is 0 Å². The van der Waals surface area contributed by atoms with Crippen molar-refractivity contribution in [1.82, 2.24) is 0 Å². The molecule has 8 heteroatoms. The van der Waals surface area contributed by atoms with E-state index < -0.39 is 19.8 Å². The third-order valence-corrected chi connectivity index (χ3v) is 0.917. The lowest BCUT2D eigenvalue weighted by Crippen LogP contribution is -2.29. The highest BCUT2D eigenvalue weighted by atomic mass is 31.2. The quantitative estimate of drug-likeness (QED) is 0.390. The fourth-order valence-electron chi connectivity index (χ4n) is 0.434. The van der Waals surface area contributed by atoms with Crippen LogP contribution in [0.25, 0.3) is 0 Å². The number of phosphoric acid groups is 1. The predicted molar refractivity (Wildman–Crippen MR) is 44.8 cm³/mol. The standard InChI is InChI=1S/C5H11NO2.H3O4P/c1-2-3-4(6)5(7)8;1-5(2,3)4/h4H,2-3,6H2,1H3,(H,7,8);(H3,1,2,3,4). The molecule has 0 fully saturated rings. The molecule has 0 aliphatic carbocycles. The van der Waals surface area contributed by atoms with Gasteiger partial charge in [0, 0.05) is 0 Å². The molecule has 0 aromatic heterocycles. The smallest absolute Gasteiger partial charge is 0.466 e. The van der Waals surface area contributed by atoms with Crippen molar-refractivity contribution in [3.05, 3.63) is 0 Å². The van der Waals surface area contributed by atoms with Gasteiger partial charge < -0.3 is 25.5 Å². The molecule has 0 saturated heterocycles. The van der Waals surface area contributed by atoms with Crippen molar-refractivity contribution in [2.75, 3.05) is 0 Å². The molecule has 13 heavy (non-hydrogen) atoms. The van der Waals surface area contributed by atoms with Crippen LogP contribution in [0.15, 0.2) is 0 Å². The molecule has 0 aromatic carbocycles. The molecule has 80 valence electrons. The molecule has 0 saturated carbocycles. The zero-order valence-corrected chi connectivity index (χ0v) is 8.02. The van der Waals surface area contributed by atoms with E-state index >= 15 is 0 Å². The number of aliphatic carboxylic acids is 1. The third-order valence-electron chi connectivity index (χ3n) is 0.917. The van der Waals surface area contributed by atoms with E-state index in [0.717, 1.165) is 6.42 Å². The molecule has 0 aliphatic rings. The summed E-state index contributed by atoms with van der Waals surface area (Å²) in [7, 11) is -4.64. The van der Waals surface area contributed by atoms with Crippen molar-refractivity contribution in [3.63, 3.8) is 0 Å². The first-order valence-corrected chi connectivity index (χ1v) is 5.01. The molecule has 1 unspecified atom stereocenters. The number of nitrogens with two attached hydrogens (primary N) is 1. The Bertz CT molecular complexity index is 181.